The van der Waals surface area contributed by atoms with Crippen LogP contribution in [0, 0.1) is 11.7 Å². The van der Waals surface area contributed by atoms with E-state index in [0.29, 0.717) is 5.92 Å². The third kappa shape index (κ3) is 10.8. The summed E-state index contributed by atoms with van der Waals surface area (Å²) in [5, 5.41) is 5.10. The minimum atomic E-state index is -0.181. The lowest BCUT2D eigenvalue weighted by molar-refractivity contribution is -0.287. The van der Waals surface area contributed by atoms with Crippen molar-refractivity contribution in [3.8, 4) is 0 Å². The molecule has 2 fully saturated rings. The Bertz CT molecular complexity index is 1000. The van der Waals surface area contributed by atoms with Gasteiger partial charge in [0.15, 0.2) is 0 Å². The number of hydroxylamine groups is 2. The predicted octanol–water partition coefficient (Wildman–Crippen LogP) is 4.26. The van der Waals surface area contributed by atoms with Crippen molar-refractivity contribution in [1.82, 2.24) is 25.2 Å². The number of allylic oxidation sites excluding steroid dienone is 2. The van der Waals surface area contributed by atoms with Gasteiger partial charge in [-0.2, -0.15) is 5.06 Å². The molecule has 0 atom stereocenters. The van der Waals surface area contributed by atoms with E-state index in [1.54, 1.807) is 12.1 Å². The molecule has 0 amide bonds. The SMILES string of the molecule is C.C/C=C(\c1ncc(CN2CCN(OC(C)(C)C)CC23COC3)[nH]1)C(C)C.C=O.CNCc1ccc(F)cc1.O. The fraction of sp³-hybridized carbons (Fsp3) is 0.600. The van der Waals surface area contributed by atoms with E-state index in [1.807, 2.05) is 20.0 Å². The van der Waals surface area contributed by atoms with Crippen LogP contribution in [-0.2, 0) is 27.5 Å². The lowest BCUT2D eigenvalue weighted by atomic mass is 9.92. The van der Waals surface area contributed by atoms with Crippen LogP contribution in [0.5, 0.6) is 0 Å². The minimum Gasteiger partial charge on any atom is -0.412 e. The molecule has 4 rings (SSSR count). The van der Waals surface area contributed by atoms with Gasteiger partial charge in [-0.15, -0.1) is 0 Å². The van der Waals surface area contributed by atoms with Gasteiger partial charge in [-0.1, -0.05) is 39.5 Å². The Hall–Kier alpha value is -2.47. The highest BCUT2D eigenvalue weighted by atomic mass is 19.1. The zero-order chi connectivity index (χ0) is 28.3. The number of aromatic nitrogens is 2. The molecule has 1 aromatic heterocycles. The summed E-state index contributed by atoms with van der Waals surface area (Å²) >= 11 is 0. The normalized spacial score (nSPS) is 17.0. The second-order valence-electron chi connectivity index (χ2n) is 11.0. The molecule has 0 aliphatic carbocycles. The van der Waals surface area contributed by atoms with Crippen LogP contribution in [0.2, 0.25) is 0 Å². The Morgan fingerprint density at radius 3 is 2.35 bits per heavy atom. The van der Waals surface area contributed by atoms with Crippen LogP contribution in [-0.4, -0.2) is 83.2 Å². The number of hydrogen-bond acceptors (Lipinski definition) is 7. The van der Waals surface area contributed by atoms with Gasteiger partial charge in [0, 0.05) is 44.6 Å². The quantitative estimate of drug-likeness (QED) is 0.516. The molecule has 4 N–H and O–H groups in total. The summed E-state index contributed by atoms with van der Waals surface area (Å²) in [6, 6.07) is 6.47. The largest absolute Gasteiger partial charge is 0.412 e. The summed E-state index contributed by atoms with van der Waals surface area (Å²) in [7, 11) is 1.86. The first-order valence-electron chi connectivity index (χ1n) is 13.2. The van der Waals surface area contributed by atoms with Gasteiger partial charge >= 0.3 is 0 Å². The molecule has 2 aliphatic heterocycles. The number of nitrogens with zero attached hydrogens (tertiary/aromatic N) is 3. The molecule has 2 saturated heterocycles. The molecular weight excluding hydrogens is 513 g/mol. The number of ether oxygens (including phenoxy) is 1. The maximum Gasteiger partial charge on any atom is 0.133 e. The van der Waals surface area contributed by atoms with Gasteiger partial charge in [0.25, 0.3) is 0 Å². The van der Waals surface area contributed by atoms with E-state index in [0.717, 1.165) is 63.0 Å². The van der Waals surface area contributed by atoms with E-state index < -0.39 is 0 Å². The number of imidazole rings is 1. The smallest absolute Gasteiger partial charge is 0.133 e. The minimum absolute atomic E-state index is 0. The van der Waals surface area contributed by atoms with Crippen LogP contribution in [0.1, 0.15) is 66.1 Å². The first kappa shape index (κ1) is 37.5. The molecule has 3 heterocycles. The average Bonchev–Trinajstić information content (AvgIpc) is 3.29. The number of H-pyrrole nitrogens is 1. The highest BCUT2D eigenvalue weighted by molar-refractivity contribution is 5.61. The number of nitrogens with one attached hydrogen (secondary N) is 2. The number of carbonyl (C=O) groups excluding carboxylic acids is 1. The zero-order valence-electron chi connectivity index (χ0n) is 24.6. The van der Waals surface area contributed by atoms with Gasteiger partial charge in [0.1, 0.15) is 18.4 Å². The van der Waals surface area contributed by atoms with E-state index in [1.165, 1.54) is 17.7 Å². The van der Waals surface area contributed by atoms with E-state index in [2.05, 4.69) is 72.9 Å². The molecule has 9 nitrogen and oxygen atoms in total. The van der Waals surface area contributed by atoms with E-state index in [-0.39, 0.29) is 29.9 Å². The maximum absolute atomic E-state index is 12.3. The molecule has 40 heavy (non-hydrogen) atoms. The standard InChI is InChI=1S/C20H34N4O2.C8H10FN.CH2O.CH4.H2O/c1-7-17(15(2)3)18-21-10-16(22-18)11-23-8-9-24(26-19(4,5)6)12-20(23)13-25-14-20;1-10-6-7-2-4-8(9)5-3-7;1-2;;/h7,10,15H,8-9,11-14H2,1-6H3,(H,21,22);2-5,10H,6H2,1H3;1H2;1H4;1H2/b17-7-;;;;. The van der Waals surface area contributed by atoms with Crippen molar-refractivity contribution in [1.29, 1.82) is 0 Å². The van der Waals surface area contributed by atoms with Gasteiger partial charge in [-0.3, -0.25) is 9.74 Å². The number of halogens is 1. The van der Waals surface area contributed by atoms with E-state index >= 15 is 0 Å². The van der Waals surface area contributed by atoms with Crippen LogP contribution in [0.15, 0.2) is 36.5 Å². The first-order valence-corrected chi connectivity index (χ1v) is 13.2. The van der Waals surface area contributed by atoms with Crippen molar-refractivity contribution < 1.29 is 24.2 Å². The molecule has 2 aromatic rings. The Morgan fingerprint density at radius 2 is 1.88 bits per heavy atom. The molecule has 1 spiro atoms. The Labute approximate surface area is 240 Å². The fourth-order valence-electron chi connectivity index (χ4n) is 4.64. The van der Waals surface area contributed by atoms with Crippen LogP contribution in [0.25, 0.3) is 5.57 Å². The van der Waals surface area contributed by atoms with Gasteiger partial charge in [-0.05, 0) is 63.9 Å². The number of hydrogen-bond donors (Lipinski definition) is 2. The van der Waals surface area contributed by atoms with Crippen molar-refractivity contribution >= 4 is 12.4 Å². The van der Waals surface area contributed by atoms with E-state index in [9.17, 15) is 4.39 Å². The third-order valence-corrected chi connectivity index (χ3v) is 6.40. The highest BCUT2D eigenvalue weighted by Gasteiger charge is 2.48. The van der Waals surface area contributed by atoms with Gasteiger partial charge in [-0.25, -0.2) is 9.37 Å². The molecule has 0 saturated carbocycles. The molecule has 10 heteroatoms. The number of benzene rings is 1. The lowest BCUT2D eigenvalue weighted by Crippen LogP contribution is -2.71. The highest BCUT2D eigenvalue weighted by Crippen LogP contribution is 2.32. The van der Waals surface area contributed by atoms with Gasteiger partial charge in [0.05, 0.1) is 24.4 Å². The molecule has 228 valence electrons. The van der Waals surface area contributed by atoms with Gasteiger partial charge < -0.3 is 25.3 Å². The topological polar surface area (TPSA) is 114 Å². The maximum atomic E-state index is 12.3. The van der Waals surface area contributed by atoms with Crippen molar-refractivity contribution in [3.63, 3.8) is 0 Å². The number of piperazine rings is 1. The summed E-state index contributed by atoms with van der Waals surface area (Å²) in [4.78, 5) is 24.8. The summed E-state index contributed by atoms with van der Waals surface area (Å²) in [5.41, 5.74) is 3.42. The Balaban J connectivity index is 0.000000920. The van der Waals surface area contributed by atoms with Crippen LogP contribution in [0.3, 0.4) is 0 Å². The summed E-state index contributed by atoms with van der Waals surface area (Å²) in [5.74, 6) is 1.27. The second-order valence-corrected chi connectivity index (χ2v) is 11.0. The zero-order valence-corrected chi connectivity index (χ0v) is 24.6. The molecule has 0 bridgehead atoms. The van der Waals surface area contributed by atoms with Crippen LogP contribution < -0.4 is 5.32 Å². The van der Waals surface area contributed by atoms with Crippen LogP contribution in [0.4, 0.5) is 4.39 Å². The number of rotatable bonds is 7. The van der Waals surface area contributed by atoms with E-state index in [4.69, 9.17) is 14.4 Å². The monoisotopic (exact) mass is 565 g/mol. The number of aromatic amines is 1. The van der Waals surface area contributed by atoms with Crippen molar-refractivity contribution in [2.45, 2.75) is 73.2 Å². The molecule has 0 unspecified atom stereocenters. The van der Waals surface area contributed by atoms with Crippen molar-refractivity contribution in [3.05, 3.63) is 59.4 Å². The molecule has 2 aliphatic rings. The molecule has 1 aromatic carbocycles. The van der Waals surface area contributed by atoms with Crippen molar-refractivity contribution in [2.24, 2.45) is 5.92 Å². The fourth-order valence-corrected chi connectivity index (χ4v) is 4.64. The molecule has 0 radical (unpaired) electrons. The van der Waals surface area contributed by atoms with Crippen LogP contribution >= 0.6 is 0 Å². The first-order chi connectivity index (χ1) is 18.0. The predicted molar refractivity (Wildman–Crippen MR) is 160 cm³/mol. The summed E-state index contributed by atoms with van der Waals surface area (Å²) in [6.45, 7) is 20.7. The lowest BCUT2D eigenvalue weighted by Gasteiger charge is -2.55. The Kier molecular flexibility index (Phi) is 16.3. The number of carbonyl (C=O) groups is 1. The average molecular weight is 566 g/mol. The van der Waals surface area contributed by atoms with Gasteiger partial charge in [0.2, 0.25) is 0 Å². The van der Waals surface area contributed by atoms with Crippen molar-refractivity contribution in [2.75, 3.05) is 39.9 Å². The molecular formula is C30H52FN5O4. The summed E-state index contributed by atoms with van der Waals surface area (Å²) < 4.78 is 17.9. The second kappa shape index (κ2) is 17.4. The Morgan fingerprint density at radius 1 is 1.25 bits per heavy atom. The summed E-state index contributed by atoms with van der Waals surface area (Å²) in [6.07, 6.45) is 4.13. The third-order valence-electron chi connectivity index (χ3n) is 6.40.